The summed E-state index contributed by atoms with van der Waals surface area (Å²) in [4.78, 5) is 54.5. The van der Waals surface area contributed by atoms with Gasteiger partial charge in [0.15, 0.2) is 12.4 Å². The third-order valence-electron chi connectivity index (χ3n) is 13.5. The zero-order valence-corrected chi connectivity index (χ0v) is 35.7. The lowest BCUT2D eigenvalue weighted by molar-refractivity contribution is -0.134. The van der Waals surface area contributed by atoms with Gasteiger partial charge in [-0.15, -0.1) is 0 Å². The zero-order valence-electron chi connectivity index (χ0n) is 35.0. The van der Waals surface area contributed by atoms with E-state index in [0.29, 0.717) is 65.0 Å². The topological polar surface area (TPSA) is 155 Å². The molecule has 3 aromatic heterocycles. The number of anilines is 5. The Balaban J connectivity index is 0.791. The molecule has 2 aromatic carbocycles. The van der Waals surface area contributed by atoms with Crippen LogP contribution in [0.3, 0.4) is 0 Å². The molecule has 5 aromatic rings. The lowest BCUT2D eigenvalue weighted by atomic mass is 9.92. The number of rotatable bonds is 8. The van der Waals surface area contributed by atoms with Gasteiger partial charge in [0.25, 0.3) is 5.56 Å². The third kappa shape index (κ3) is 7.35. The van der Waals surface area contributed by atoms with E-state index < -0.39 is 30.0 Å². The minimum Gasteiger partial charge on any atom is -0.480 e. The molecule has 1 unspecified atom stereocenters. The molecule has 4 aliphatic heterocycles. The lowest BCUT2D eigenvalue weighted by Crippen LogP contribution is -2.54. The van der Waals surface area contributed by atoms with Gasteiger partial charge in [-0.1, -0.05) is 23.7 Å². The number of aromatic nitrogens is 5. The van der Waals surface area contributed by atoms with Crippen molar-refractivity contribution in [1.82, 2.24) is 34.5 Å². The van der Waals surface area contributed by atoms with Crippen molar-refractivity contribution in [3.63, 3.8) is 0 Å². The van der Waals surface area contributed by atoms with Crippen LogP contribution in [0.2, 0.25) is 5.02 Å². The predicted molar refractivity (Wildman–Crippen MR) is 234 cm³/mol. The fourth-order valence-electron chi connectivity index (χ4n) is 10.0. The Labute approximate surface area is 361 Å². The highest BCUT2D eigenvalue weighted by atomic mass is 35.5. The van der Waals surface area contributed by atoms with Crippen LogP contribution in [0.5, 0.6) is 5.75 Å². The number of hydrogen-bond donors (Lipinski definition) is 3. The summed E-state index contributed by atoms with van der Waals surface area (Å²) in [6.45, 7) is 6.64. The monoisotopic (exact) mass is 869 g/mol. The number of halogens is 3. The predicted octanol–water partition coefficient (Wildman–Crippen LogP) is 5.78. The first-order valence-electron chi connectivity index (χ1n) is 21.6. The van der Waals surface area contributed by atoms with Gasteiger partial charge in [0.1, 0.15) is 5.02 Å². The van der Waals surface area contributed by atoms with Gasteiger partial charge in [-0.05, 0) is 75.1 Å². The number of benzene rings is 2. The second-order valence-electron chi connectivity index (χ2n) is 17.7. The van der Waals surface area contributed by atoms with E-state index in [9.17, 15) is 14.4 Å². The molecule has 3 N–H and O–H groups in total. The van der Waals surface area contributed by atoms with Gasteiger partial charge in [0.2, 0.25) is 23.5 Å². The van der Waals surface area contributed by atoms with Gasteiger partial charge in [0.05, 0.1) is 46.3 Å². The van der Waals surface area contributed by atoms with Crippen LogP contribution >= 0.6 is 11.6 Å². The van der Waals surface area contributed by atoms with Crippen LogP contribution in [0.25, 0.3) is 21.8 Å². The smallest absolute Gasteiger partial charge is 0.301 e. The number of nitrogens with zero attached hydrogens (tertiary/aromatic N) is 8. The molecule has 326 valence electrons. The molecule has 15 nitrogen and oxygen atoms in total. The Morgan fingerprint density at radius 2 is 1.81 bits per heavy atom. The molecular weight excluding hydrogens is 820 g/mol. The van der Waals surface area contributed by atoms with Crippen molar-refractivity contribution < 1.29 is 23.1 Å². The first-order chi connectivity index (χ1) is 29.8. The summed E-state index contributed by atoms with van der Waals surface area (Å²) >= 11 is 6.67. The standard InChI is InChI=1S/C44H50ClF2N11O4/c1-24-21-56(22-25-13-15-57(16-14-25)33-6-4-5-28-35(53-55(3)37(28)33)29-10-12-34(59)50-41(29)60)17-18-58(24)43-48-20-31(45)40(52-43)49-27-9-11-32-30(19-27)36-38(42(61)54(32)2)62-23-44(46,47)39(51-36)26-7-8-26/h4-6,9,11,19-20,24-26,29,39,51H,7-8,10,12-18,21-23H2,1-3H3,(H,48,49,52)(H,50,59,60)/t24-,29?,39+/m1/s1. The molecule has 3 saturated heterocycles. The second kappa shape index (κ2) is 15.7. The quantitative estimate of drug-likeness (QED) is 0.162. The van der Waals surface area contributed by atoms with E-state index in [1.165, 1.54) is 4.57 Å². The minimum atomic E-state index is -3.13. The van der Waals surface area contributed by atoms with Crippen LogP contribution in [0.1, 0.15) is 57.1 Å². The van der Waals surface area contributed by atoms with Crippen LogP contribution in [-0.4, -0.2) is 105 Å². The SMILES string of the molecule is C[C@@H]1CN(CC2CCN(c3cccc4c(C5CCC(=O)NC5=O)nn(C)c34)CC2)CCN1c1ncc(Cl)c(Nc2ccc3c(c2)c2c(c(=O)n3C)OCC(F)(F)[C@H](C3CC3)N2)n1. The van der Waals surface area contributed by atoms with Crippen LogP contribution in [0, 0.1) is 11.8 Å². The fraction of sp³-hybridized carbons (Fsp3) is 0.500. The molecule has 4 fully saturated rings. The number of aryl methyl sites for hydroxylation is 2. The maximum Gasteiger partial charge on any atom is 0.301 e. The van der Waals surface area contributed by atoms with E-state index in [2.05, 4.69) is 48.6 Å². The third-order valence-corrected chi connectivity index (χ3v) is 13.8. The second-order valence-corrected chi connectivity index (χ2v) is 18.1. The summed E-state index contributed by atoms with van der Waals surface area (Å²) in [6.07, 6.45) is 5.89. The maximum absolute atomic E-state index is 15.2. The van der Waals surface area contributed by atoms with Crippen molar-refractivity contribution in [3.05, 3.63) is 63.7 Å². The summed E-state index contributed by atoms with van der Waals surface area (Å²) in [5.74, 6) is -2.85. The normalized spacial score (nSPS) is 23.5. The Morgan fingerprint density at radius 3 is 2.56 bits per heavy atom. The van der Waals surface area contributed by atoms with Crippen LogP contribution < -0.4 is 36.0 Å². The molecule has 0 bridgehead atoms. The average Bonchev–Trinajstić information content (AvgIpc) is 4.05. The Hall–Kier alpha value is -5.55. The number of hydrogen-bond acceptors (Lipinski definition) is 12. The van der Waals surface area contributed by atoms with Crippen molar-refractivity contribution >= 4 is 74.0 Å². The molecule has 0 radical (unpaired) electrons. The number of fused-ring (bicyclic) bond motifs is 4. The highest BCUT2D eigenvalue weighted by molar-refractivity contribution is 6.33. The molecule has 2 amide bonds. The van der Waals surface area contributed by atoms with Crippen LogP contribution in [-0.2, 0) is 23.7 Å². The van der Waals surface area contributed by atoms with E-state index in [1.807, 2.05) is 29.9 Å². The van der Waals surface area contributed by atoms with Gasteiger partial charge < -0.3 is 29.7 Å². The Kier molecular flexibility index (Phi) is 10.2. The largest absolute Gasteiger partial charge is 0.480 e. The van der Waals surface area contributed by atoms with Gasteiger partial charge >= 0.3 is 5.92 Å². The number of ether oxygens (including phenoxy) is 1. The minimum absolute atomic E-state index is 0.108. The van der Waals surface area contributed by atoms with Crippen molar-refractivity contribution in [2.45, 2.75) is 69.4 Å². The first kappa shape index (κ1) is 40.5. The number of piperazine rings is 1. The number of carbonyl (C=O) groups excluding carboxylic acids is 2. The molecule has 0 spiro atoms. The average molecular weight is 870 g/mol. The number of piperidine rings is 2. The van der Waals surface area contributed by atoms with Crippen molar-refractivity contribution in [3.8, 4) is 5.75 Å². The number of carbonyl (C=O) groups is 2. The van der Waals surface area contributed by atoms with Crippen molar-refractivity contribution in [2.24, 2.45) is 25.9 Å². The summed E-state index contributed by atoms with van der Waals surface area (Å²) in [7, 11) is 3.53. The molecule has 1 saturated carbocycles. The summed E-state index contributed by atoms with van der Waals surface area (Å²) < 4.78 is 39.2. The van der Waals surface area contributed by atoms with Gasteiger partial charge in [-0.25, -0.2) is 13.8 Å². The molecule has 1 aliphatic carbocycles. The summed E-state index contributed by atoms with van der Waals surface area (Å²) in [6, 6.07) is 10.6. The summed E-state index contributed by atoms with van der Waals surface area (Å²) in [5.41, 5.74) is 3.86. The number of amides is 2. The van der Waals surface area contributed by atoms with Crippen LogP contribution in [0.15, 0.2) is 47.4 Å². The molecule has 7 heterocycles. The number of imide groups is 1. The number of pyridine rings is 1. The van der Waals surface area contributed by atoms with E-state index in [1.54, 1.807) is 25.4 Å². The molecule has 18 heteroatoms. The number of para-hydroxylation sites is 1. The molecular formula is C44H50ClF2N11O4. The zero-order chi connectivity index (χ0) is 43.0. The Morgan fingerprint density at radius 1 is 1.00 bits per heavy atom. The summed E-state index contributed by atoms with van der Waals surface area (Å²) in [5, 5.41) is 15.5. The molecule has 3 atom stereocenters. The molecule has 62 heavy (non-hydrogen) atoms. The lowest BCUT2D eigenvalue weighted by Gasteiger charge is -2.42. The van der Waals surface area contributed by atoms with E-state index >= 15 is 8.78 Å². The van der Waals surface area contributed by atoms with E-state index in [-0.39, 0.29) is 35.2 Å². The van der Waals surface area contributed by atoms with Gasteiger partial charge in [0, 0.05) is 82.3 Å². The highest BCUT2D eigenvalue weighted by Crippen LogP contribution is 2.46. The van der Waals surface area contributed by atoms with E-state index in [4.69, 9.17) is 26.4 Å². The first-order valence-corrected chi connectivity index (χ1v) is 22.0. The van der Waals surface area contributed by atoms with Crippen molar-refractivity contribution in [1.29, 1.82) is 0 Å². The van der Waals surface area contributed by atoms with Crippen LogP contribution in [0.4, 0.5) is 37.6 Å². The fourth-order valence-corrected chi connectivity index (χ4v) is 10.2. The van der Waals surface area contributed by atoms with Gasteiger partial charge in [-0.2, -0.15) is 10.1 Å². The maximum atomic E-state index is 15.2. The highest BCUT2D eigenvalue weighted by Gasteiger charge is 2.51. The Bertz CT molecular complexity index is 2660. The van der Waals surface area contributed by atoms with Gasteiger partial charge in [-0.3, -0.25) is 29.3 Å². The molecule has 10 rings (SSSR count). The molecule has 5 aliphatic rings. The number of alkyl halides is 2. The van der Waals surface area contributed by atoms with Crippen molar-refractivity contribution in [2.75, 3.05) is 66.3 Å². The number of nitrogens with one attached hydrogen (secondary N) is 3. The van der Waals surface area contributed by atoms with E-state index in [0.717, 1.165) is 74.4 Å².